The summed E-state index contributed by atoms with van der Waals surface area (Å²) in [7, 11) is 1.88. The standard InChI is InChI=1S/C22H22FN9OS2/c1-3-15-18(29(2)20-27-17(16(12-24)34-20)13-4-6-14(23)7-5-13)32-21(26-15)35-22(28-32)31-10-8-30(9-11-31)19(25)33/h4-7H,3,8-11H2,1-2H3,(H2,25,33). The van der Waals surface area contributed by atoms with E-state index in [0.29, 0.717) is 53.9 Å². The number of piperazine rings is 1. The largest absolute Gasteiger partial charge is 0.351 e. The second-order valence-corrected chi connectivity index (χ2v) is 9.89. The van der Waals surface area contributed by atoms with Gasteiger partial charge in [-0.15, -0.1) is 5.10 Å². The van der Waals surface area contributed by atoms with Gasteiger partial charge >= 0.3 is 6.03 Å². The van der Waals surface area contributed by atoms with E-state index in [-0.39, 0.29) is 5.82 Å². The first-order valence-corrected chi connectivity index (χ1v) is 12.6. The first kappa shape index (κ1) is 23.0. The van der Waals surface area contributed by atoms with Crippen LogP contribution < -0.4 is 15.5 Å². The number of benzene rings is 1. The molecule has 2 N–H and O–H groups in total. The fourth-order valence-corrected chi connectivity index (χ4v) is 5.83. The molecule has 5 rings (SSSR count). The van der Waals surface area contributed by atoms with Gasteiger partial charge in [0.05, 0.1) is 5.69 Å². The molecule has 3 aromatic heterocycles. The molecule has 10 nitrogen and oxygen atoms in total. The SMILES string of the molecule is CCc1nc2sc(N3CCN(C(N)=O)CC3)nn2c1N(C)c1nc(-c2ccc(F)cc2)c(C#N)s1. The monoisotopic (exact) mass is 511 g/mol. The zero-order chi connectivity index (χ0) is 24.7. The molecule has 0 aliphatic carbocycles. The molecule has 4 heterocycles. The maximum Gasteiger partial charge on any atom is 0.314 e. The molecule has 2 amide bonds. The quantitative estimate of drug-likeness (QED) is 0.436. The van der Waals surface area contributed by atoms with Crippen molar-refractivity contribution in [3.05, 3.63) is 40.7 Å². The molecule has 35 heavy (non-hydrogen) atoms. The highest BCUT2D eigenvalue weighted by Crippen LogP contribution is 2.38. The van der Waals surface area contributed by atoms with Crippen molar-refractivity contribution in [2.24, 2.45) is 5.73 Å². The van der Waals surface area contributed by atoms with Gasteiger partial charge in [-0.3, -0.25) is 0 Å². The van der Waals surface area contributed by atoms with Crippen LogP contribution in [0.3, 0.4) is 0 Å². The van der Waals surface area contributed by atoms with Crippen LogP contribution in [0.5, 0.6) is 0 Å². The van der Waals surface area contributed by atoms with E-state index in [1.54, 1.807) is 17.0 Å². The number of aromatic nitrogens is 4. The van der Waals surface area contributed by atoms with Gasteiger partial charge in [-0.2, -0.15) is 9.78 Å². The lowest BCUT2D eigenvalue weighted by Crippen LogP contribution is -2.50. The van der Waals surface area contributed by atoms with Crippen molar-refractivity contribution < 1.29 is 9.18 Å². The minimum absolute atomic E-state index is 0.343. The highest BCUT2D eigenvalue weighted by molar-refractivity contribution is 7.20. The van der Waals surface area contributed by atoms with Crippen LogP contribution in [0.25, 0.3) is 16.2 Å². The molecule has 0 unspecified atom stereocenters. The number of primary amides is 1. The molecule has 0 saturated carbocycles. The van der Waals surface area contributed by atoms with Crippen molar-refractivity contribution in [2.75, 3.05) is 43.0 Å². The van der Waals surface area contributed by atoms with Gasteiger partial charge in [0.2, 0.25) is 10.1 Å². The zero-order valence-electron chi connectivity index (χ0n) is 19.1. The van der Waals surface area contributed by atoms with Gasteiger partial charge in [0.1, 0.15) is 22.5 Å². The molecule has 1 aliphatic heterocycles. The van der Waals surface area contributed by atoms with E-state index in [9.17, 15) is 14.4 Å². The van der Waals surface area contributed by atoms with Crippen molar-refractivity contribution in [3.8, 4) is 17.3 Å². The number of aryl methyl sites for hydroxylation is 1. The topological polar surface area (TPSA) is 120 Å². The van der Waals surface area contributed by atoms with Crippen LogP contribution in [0.4, 0.5) is 25.3 Å². The predicted octanol–water partition coefficient (Wildman–Crippen LogP) is 3.46. The van der Waals surface area contributed by atoms with Crippen molar-refractivity contribution >= 4 is 49.7 Å². The minimum atomic E-state index is -0.407. The number of carbonyl (C=O) groups is 1. The summed E-state index contributed by atoms with van der Waals surface area (Å²) in [6.07, 6.45) is 0.698. The van der Waals surface area contributed by atoms with E-state index in [1.165, 1.54) is 34.8 Å². The van der Waals surface area contributed by atoms with Crippen LogP contribution in [0, 0.1) is 17.1 Å². The summed E-state index contributed by atoms with van der Waals surface area (Å²) in [5.74, 6) is 0.439. The Kier molecular flexibility index (Phi) is 6.00. The molecular weight excluding hydrogens is 489 g/mol. The lowest BCUT2D eigenvalue weighted by Gasteiger charge is -2.33. The summed E-state index contributed by atoms with van der Waals surface area (Å²) >= 11 is 2.75. The number of nitriles is 1. The normalized spacial score (nSPS) is 13.9. The number of amides is 2. The van der Waals surface area contributed by atoms with E-state index in [2.05, 4.69) is 11.0 Å². The number of nitrogens with two attached hydrogens (primary N) is 1. The van der Waals surface area contributed by atoms with Crippen LogP contribution in [-0.4, -0.2) is 63.7 Å². The van der Waals surface area contributed by atoms with Gasteiger partial charge in [0.25, 0.3) is 0 Å². The molecule has 1 fully saturated rings. The van der Waals surface area contributed by atoms with Crippen LogP contribution in [-0.2, 0) is 6.42 Å². The summed E-state index contributed by atoms with van der Waals surface area (Å²) in [4.78, 5) is 27.8. The maximum atomic E-state index is 13.4. The van der Waals surface area contributed by atoms with Crippen LogP contribution >= 0.6 is 22.7 Å². The third-order valence-electron chi connectivity index (χ3n) is 5.88. The second kappa shape index (κ2) is 9.12. The molecule has 1 aliphatic rings. The summed E-state index contributed by atoms with van der Waals surface area (Å²) < 4.78 is 15.2. The number of halogens is 1. The third kappa shape index (κ3) is 4.15. The molecule has 1 aromatic carbocycles. The van der Waals surface area contributed by atoms with E-state index in [4.69, 9.17) is 20.8 Å². The highest BCUT2D eigenvalue weighted by Gasteiger charge is 2.26. The number of anilines is 3. The van der Waals surface area contributed by atoms with Crippen LogP contribution in [0.2, 0.25) is 0 Å². The van der Waals surface area contributed by atoms with E-state index in [0.717, 1.165) is 21.6 Å². The maximum absolute atomic E-state index is 13.4. The van der Waals surface area contributed by atoms with Gasteiger partial charge < -0.3 is 20.4 Å². The van der Waals surface area contributed by atoms with Crippen molar-refractivity contribution in [3.63, 3.8) is 0 Å². The van der Waals surface area contributed by atoms with Gasteiger partial charge in [-0.05, 0) is 30.7 Å². The third-order valence-corrected chi connectivity index (χ3v) is 7.88. The summed E-state index contributed by atoms with van der Waals surface area (Å²) in [5, 5.41) is 16.0. The summed E-state index contributed by atoms with van der Waals surface area (Å²) in [6, 6.07) is 7.75. The molecule has 0 atom stereocenters. The number of hydrogen-bond donors (Lipinski definition) is 1. The zero-order valence-corrected chi connectivity index (χ0v) is 20.7. The van der Waals surface area contributed by atoms with E-state index in [1.807, 2.05) is 23.4 Å². The molecule has 1 saturated heterocycles. The first-order chi connectivity index (χ1) is 16.9. The number of urea groups is 1. The summed E-state index contributed by atoms with van der Waals surface area (Å²) in [6.45, 7) is 4.41. The summed E-state index contributed by atoms with van der Waals surface area (Å²) in [5.41, 5.74) is 7.46. The minimum Gasteiger partial charge on any atom is -0.351 e. The Hall–Kier alpha value is -3.76. The average Bonchev–Trinajstić information content (AvgIpc) is 3.56. The molecule has 13 heteroatoms. The Labute approximate surface area is 208 Å². The van der Waals surface area contributed by atoms with Gasteiger partial charge in [-0.25, -0.2) is 19.2 Å². The Balaban J connectivity index is 1.49. The van der Waals surface area contributed by atoms with Crippen molar-refractivity contribution in [1.29, 1.82) is 5.26 Å². The Morgan fingerprint density at radius 2 is 1.91 bits per heavy atom. The number of hydrogen-bond acceptors (Lipinski definition) is 9. The highest BCUT2D eigenvalue weighted by atomic mass is 32.1. The lowest BCUT2D eigenvalue weighted by atomic mass is 10.1. The Morgan fingerprint density at radius 1 is 1.20 bits per heavy atom. The molecule has 0 radical (unpaired) electrons. The van der Waals surface area contributed by atoms with E-state index >= 15 is 0 Å². The Morgan fingerprint density at radius 3 is 2.54 bits per heavy atom. The number of rotatable bonds is 5. The van der Waals surface area contributed by atoms with Gasteiger partial charge in [0, 0.05) is 38.8 Å². The van der Waals surface area contributed by atoms with Crippen LogP contribution in [0.1, 0.15) is 17.5 Å². The van der Waals surface area contributed by atoms with Gasteiger partial charge in [-0.1, -0.05) is 29.6 Å². The average molecular weight is 512 g/mol. The number of imidazole rings is 1. The number of carbonyl (C=O) groups excluding carboxylic acids is 1. The molecular formula is C22H22FN9OS2. The van der Waals surface area contributed by atoms with Crippen LogP contribution in [0.15, 0.2) is 24.3 Å². The molecule has 180 valence electrons. The smallest absolute Gasteiger partial charge is 0.314 e. The Bertz CT molecular complexity index is 1430. The van der Waals surface area contributed by atoms with Crippen molar-refractivity contribution in [2.45, 2.75) is 13.3 Å². The molecule has 0 spiro atoms. The first-order valence-electron chi connectivity index (χ1n) is 11.0. The number of fused-ring (bicyclic) bond motifs is 1. The van der Waals surface area contributed by atoms with Crippen molar-refractivity contribution in [1.82, 2.24) is 24.5 Å². The number of nitrogens with zero attached hydrogens (tertiary/aromatic N) is 8. The molecule has 0 bridgehead atoms. The fourth-order valence-electron chi connectivity index (χ4n) is 4.01. The second-order valence-electron chi connectivity index (χ2n) is 7.98. The predicted molar refractivity (Wildman–Crippen MR) is 134 cm³/mol. The lowest BCUT2D eigenvalue weighted by molar-refractivity contribution is 0.204. The fraction of sp³-hybridized carbons (Fsp3) is 0.318. The molecule has 4 aromatic rings. The van der Waals surface area contributed by atoms with Gasteiger partial charge in [0.15, 0.2) is 10.9 Å². The van der Waals surface area contributed by atoms with E-state index < -0.39 is 6.03 Å². The number of thiazole rings is 1.